The van der Waals surface area contributed by atoms with E-state index in [4.69, 9.17) is 11.5 Å². The highest BCUT2D eigenvalue weighted by atomic mass is 15.1. The topological polar surface area (TPSA) is 87.7 Å². The Morgan fingerprint density at radius 1 is 0.409 bits per heavy atom. The van der Waals surface area contributed by atoms with E-state index in [2.05, 4.69) is 104 Å². The zero-order chi connectivity index (χ0) is 29.6. The Morgan fingerprint density at radius 2 is 0.818 bits per heavy atom. The van der Waals surface area contributed by atoms with Gasteiger partial charge in [-0.3, -0.25) is 9.97 Å². The second kappa shape index (κ2) is 10.3. The van der Waals surface area contributed by atoms with Crippen LogP contribution in [0.25, 0.3) is 66.8 Å². The van der Waals surface area contributed by atoms with E-state index >= 15 is 0 Å². The molecule has 44 heavy (non-hydrogen) atoms. The normalized spacial score (nSPS) is 11.4. The van der Waals surface area contributed by atoms with Crippen molar-refractivity contribution in [1.29, 1.82) is 0 Å². The van der Waals surface area contributed by atoms with E-state index in [0.29, 0.717) is 11.4 Å². The second-order valence-electron chi connectivity index (χ2n) is 10.8. The number of benzene rings is 4. The van der Waals surface area contributed by atoms with Gasteiger partial charge in [0.2, 0.25) is 0 Å². The van der Waals surface area contributed by atoms with Crippen molar-refractivity contribution in [3.05, 3.63) is 146 Å². The molecule has 0 radical (unpaired) electrons. The number of para-hydroxylation sites is 2. The third-order valence-corrected chi connectivity index (χ3v) is 8.29. The lowest BCUT2D eigenvalue weighted by Crippen LogP contribution is -2.05. The maximum absolute atomic E-state index is 7.06. The summed E-state index contributed by atoms with van der Waals surface area (Å²) in [6.07, 6.45) is 7.33. The first-order valence-electron chi connectivity index (χ1n) is 14.5. The van der Waals surface area contributed by atoms with Crippen molar-refractivity contribution in [2.45, 2.75) is 0 Å². The monoisotopic (exact) mass is 568 g/mol. The molecule has 0 atom stereocenters. The van der Waals surface area contributed by atoms with E-state index in [-0.39, 0.29) is 0 Å². The standard InChI is InChI=1S/C38H28N6/c39-35-31-9-1-3-11-33(31)43(29-17-13-25(14-18-29)27-7-5-21-41-23-27)37(35)38-36(40)32-10-2-4-12-34(32)44(38)30-19-15-26(16-20-30)28-8-6-22-42-24-28/h1-24H,39-40H2. The lowest BCUT2D eigenvalue weighted by molar-refractivity contribution is 1.07. The number of aromatic nitrogens is 4. The van der Waals surface area contributed by atoms with Gasteiger partial charge in [0.1, 0.15) is 0 Å². The molecule has 0 saturated heterocycles. The van der Waals surface area contributed by atoms with Crippen LogP contribution in [0.5, 0.6) is 0 Å². The fourth-order valence-electron chi connectivity index (χ4n) is 6.21. The zero-order valence-electron chi connectivity index (χ0n) is 23.8. The Morgan fingerprint density at radius 3 is 1.20 bits per heavy atom. The first-order chi connectivity index (χ1) is 21.7. The third kappa shape index (κ3) is 4.04. The van der Waals surface area contributed by atoms with Crippen molar-refractivity contribution in [3.8, 4) is 45.0 Å². The maximum Gasteiger partial charge on any atom is 0.0964 e. The minimum atomic E-state index is 0.680. The molecule has 4 aromatic carbocycles. The Kier molecular flexibility index (Phi) is 5.98. The van der Waals surface area contributed by atoms with Crippen molar-refractivity contribution < 1.29 is 0 Å². The van der Waals surface area contributed by atoms with Crippen LogP contribution in [-0.4, -0.2) is 19.1 Å². The lowest BCUT2D eigenvalue weighted by atomic mass is 10.1. The summed E-state index contributed by atoms with van der Waals surface area (Å²) in [5, 5.41) is 1.95. The number of fused-ring (bicyclic) bond motifs is 2. The number of hydrogen-bond acceptors (Lipinski definition) is 4. The lowest BCUT2D eigenvalue weighted by Gasteiger charge is -2.17. The van der Waals surface area contributed by atoms with Gasteiger partial charge in [0.15, 0.2) is 0 Å². The van der Waals surface area contributed by atoms with Crippen LogP contribution in [0.3, 0.4) is 0 Å². The van der Waals surface area contributed by atoms with Crippen LogP contribution in [-0.2, 0) is 0 Å². The van der Waals surface area contributed by atoms with Crippen molar-refractivity contribution in [2.75, 3.05) is 11.5 Å². The van der Waals surface area contributed by atoms with Gasteiger partial charge in [-0.15, -0.1) is 0 Å². The van der Waals surface area contributed by atoms with Crippen LogP contribution in [0.2, 0.25) is 0 Å². The summed E-state index contributed by atoms with van der Waals surface area (Å²) in [5.41, 5.74) is 25.5. The van der Waals surface area contributed by atoms with Gasteiger partial charge in [-0.05, 0) is 70.8 Å². The Hall–Kier alpha value is -6.14. The molecule has 0 fully saturated rings. The Bertz CT molecular complexity index is 2100. The van der Waals surface area contributed by atoms with Gasteiger partial charge in [-0.25, -0.2) is 0 Å². The minimum Gasteiger partial charge on any atom is -0.396 e. The van der Waals surface area contributed by atoms with Gasteiger partial charge in [-0.1, -0.05) is 72.8 Å². The first kappa shape index (κ1) is 25.6. The van der Waals surface area contributed by atoms with E-state index in [1.54, 1.807) is 12.4 Å². The van der Waals surface area contributed by atoms with Crippen LogP contribution in [0.4, 0.5) is 11.4 Å². The number of hydrogen-bond donors (Lipinski definition) is 2. The molecule has 0 amide bonds. The summed E-state index contributed by atoms with van der Waals surface area (Å²) >= 11 is 0. The van der Waals surface area contributed by atoms with Gasteiger partial charge >= 0.3 is 0 Å². The summed E-state index contributed by atoms with van der Waals surface area (Å²) in [5.74, 6) is 0. The number of pyridine rings is 2. The van der Waals surface area contributed by atoms with Crippen LogP contribution >= 0.6 is 0 Å². The van der Waals surface area contributed by atoms with Crippen molar-refractivity contribution in [1.82, 2.24) is 19.1 Å². The maximum atomic E-state index is 7.06. The molecule has 210 valence electrons. The molecule has 0 aliphatic heterocycles. The largest absolute Gasteiger partial charge is 0.396 e. The highest BCUT2D eigenvalue weighted by molar-refractivity contribution is 6.09. The fourth-order valence-corrected chi connectivity index (χ4v) is 6.21. The smallest absolute Gasteiger partial charge is 0.0964 e. The summed E-state index contributed by atoms with van der Waals surface area (Å²) < 4.78 is 4.45. The predicted molar refractivity (Wildman–Crippen MR) is 181 cm³/mol. The van der Waals surface area contributed by atoms with Crippen molar-refractivity contribution >= 4 is 33.2 Å². The Labute approximate surface area is 254 Å². The van der Waals surface area contributed by atoms with E-state index in [9.17, 15) is 0 Å². The fraction of sp³-hybridized carbons (Fsp3) is 0. The van der Waals surface area contributed by atoms with E-state index in [1.165, 1.54) is 0 Å². The molecule has 4 aromatic heterocycles. The van der Waals surface area contributed by atoms with Crippen molar-refractivity contribution in [2.24, 2.45) is 0 Å². The summed E-state index contributed by atoms with van der Waals surface area (Å²) in [6, 6.07) is 41.5. The highest BCUT2D eigenvalue weighted by Gasteiger charge is 2.26. The minimum absolute atomic E-state index is 0.680. The number of nitrogen functional groups attached to an aromatic ring is 2. The third-order valence-electron chi connectivity index (χ3n) is 8.29. The van der Waals surface area contributed by atoms with E-state index in [1.807, 2.05) is 48.8 Å². The molecule has 4 N–H and O–H groups in total. The molecular formula is C38H28N6. The first-order valence-corrected chi connectivity index (χ1v) is 14.5. The molecule has 4 heterocycles. The van der Waals surface area contributed by atoms with Gasteiger partial charge in [0.25, 0.3) is 0 Å². The number of anilines is 2. The quantitative estimate of drug-likeness (QED) is 0.218. The molecule has 0 unspecified atom stereocenters. The molecule has 0 saturated carbocycles. The van der Waals surface area contributed by atoms with Gasteiger partial charge in [0, 0.05) is 46.9 Å². The number of rotatable bonds is 5. The van der Waals surface area contributed by atoms with E-state index in [0.717, 1.165) is 66.8 Å². The van der Waals surface area contributed by atoms with Crippen LogP contribution in [0.15, 0.2) is 146 Å². The van der Waals surface area contributed by atoms with Crippen LogP contribution in [0, 0.1) is 0 Å². The number of nitrogens with zero attached hydrogens (tertiary/aromatic N) is 4. The molecule has 6 nitrogen and oxygen atoms in total. The summed E-state index contributed by atoms with van der Waals surface area (Å²) in [6.45, 7) is 0. The second-order valence-corrected chi connectivity index (χ2v) is 10.8. The molecular weight excluding hydrogens is 540 g/mol. The molecule has 0 bridgehead atoms. The SMILES string of the molecule is Nc1c(-c2c(N)c3ccccc3n2-c2ccc(-c3cccnc3)cc2)n(-c2ccc(-c3cccnc3)cc2)c2ccccc12. The molecule has 0 aliphatic rings. The molecule has 0 spiro atoms. The van der Waals surface area contributed by atoms with Gasteiger partial charge in [-0.2, -0.15) is 0 Å². The molecule has 8 aromatic rings. The summed E-state index contributed by atoms with van der Waals surface area (Å²) in [7, 11) is 0. The summed E-state index contributed by atoms with van der Waals surface area (Å²) in [4.78, 5) is 8.58. The average Bonchev–Trinajstić information content (AvgIpc) is 3.55. The average molecular weight is 569 g/mol. The Balaban J connectivity index is 1.38. The molecule has 8 rings (SSSR count). The predicted octanol–water partition coefficient (Wildman–Crippen LogP) is 8.53. The number of nitrogens with two attached hydrogens (primary N) is 2. The van der Waals surface area contributed by atoms with Gasteiger partial charge < -0.3 is 20.6 Å². The van der Waals surface area contributed by atoms with Crippen molar-refractivity contribution in [3.63, 3.8) is 0 Å². The van der Waals surface area contributed by atoms with Crippen LogP contribution in [0.1, 0.15) is 0 Å². The van der Waals surface area contributed by atoms with Crippen LogP contribution < -0.4 is 11.5 Å². The highest BCUT2D eigenvalue weighted by Crippen LogP contribution is 2.45. The van der Waals surface area contributed by atoms with E-state index < -0.39 is 0 Å². The van der Waals surface area contributed by atoms with Gasteiger partial charge in [0.05, 0.1) is 33.8 Å². The zero-order valence-corrected chi connectivity index (χ0v) is 23.8. The molecule has 0 aliphatic carbocycles. The molecule has 6 heteroatoms.